The van der Waals surface area contributed by atoms with Gasteiger partial charge < -0.3 is 24.8 Å². The summed E-state index contributed by atoms with van der Waals surface area (Å²) in [5.41, 5.74) is -0.117. The van der Waals surface area contributed by atoms with E-state index in [1.807, 2.05) is 0 Å². The maximum Gasteiger partial charge on any atom is 0.325 e. The van der Waals surface area contributed by atoms with E-state index in [1.165, 1.54) is 21.3 Å². The van der Waals surface area contributed by atoms with Gasteiger partial charge in [-0.15, -0.1) is 0 Å². The molecule has 164 valence electrons. The summed E-state index contributed by atoms with van der Waals surface area (Å²) < 4.78 is 15.9. The molecule has 4 amide bonds. The number of ether oxygens (including phenoxy) is 3. The van der Waals surface area contributed by atoms with E-state index in [9.17, 15) is 14.4 Å². The van der Waals surface area contributed by atoms with Crippen LogP contribution in [0.3, 0.4) is 0 Å². The Labute approximate surface area is 176 Å². The largest absolute Gasteiger partial charge is 0.493 e. The molecule has 0 unspecified atom stereocenters. The Balaban J connectivity index is 1.62. The zero-order valence-corrected chi connectivity index (χ0v) is 17.9. The molecule has 2 aliphatic rings. The zero-order valence-electron chi connectivity index (χ0n) is 17.9. The predicted molar refractivity (Wildman–Crippen MR) is 109 cm³/mol. The number of methoxy groups -OCH3 is 3. The quantitative estimate of drug-likeness (QED) is 0.653. The van der Waals surface area contributed by atoms with E-state index in [0.29, 0.717) is 36.0 Å². The normalized spacial score (nSPS) is 23.3. The van der Waals surface area contributed by atoms with Crippen LogP contribution >= 0.6 is 0 Å². The number of rotatable bonds is 7. The number of carbonyl (C=O) groups excluding carboxylic acids is 3. The Hall–Kier alpha value is -2.97. The van der Waals surface area contributed by atoms with Crippen molar-refractivity contribution >= 4 is 17.8 Å². The summed E-state index contributed by atoms with van der Waals surface area (Å²) >= 11 is 0. The molecule has 1 aromatic rings. The molecule has 1 aromatic carbocycles. The Morgan fingerprint density at radius 2 is 1.73 bits per heavy atom. The van der Waals surface area contributed by atoms with Crippen molar-refractivity contribution in [2.24, 2.45) is 5.92 Å². The molecule has 9 nitrogen and oxygen atoms in total. The van der Waals surface area contributed by atoms with E-state index in [0.717, 1.165) is 23.3 Å². The van der Waals surface area contributed by atoms with Gasteiger partial charge in [-0.3, -0.25) is 14.5 Å². The van der Waals surface area contributed by atoms with E-state index >= 15 is 0 Å². The SMILES string of the molecule is COc1cc(CNC(=O)CN2C(=O)NC3(CCC(C)CC3)C2=O)cc(OC)c1OC. The van der Waals surface area contributed by atoms with Gasteiger partial charge in [-0.2, -0.15) is 0 Å². The van der Waals surface area contributed by atoms with Crippen molar-refractivity contribution < 1.29 is 28.6 Å². The van der Waals surface area contributed by atoms with Crippen LogP contribution in [0, 0.1) is 5.92 Å². The lowest BCUT2D eigenvalue weighted by molar-refractivity contribution is -0.136. The topological polar surface area (TPSA) is 106 Å². The first-order chi connectivity index (χ1) is 14.3. The molecule has 1 aliphatic heterocycles. The van der Waals surface area contributed by atoms with Crippen LogP contribution in [0.25, 0.3) is 0 Å². The lowest BCUT2D eigenvalue weighted by Gasteiger charge is -2.33. The van der Waals surface area contributed by atoms with Gasteiger partial charge in [-0.05, 0) is 49.3 Å². The van der Waals surface area contributed by atoms with Gasteiger partial charge in [0.05, 0.1) is 21.3 Å². The Bertz CT molecular complexity index is 807. The van der Waals surface area contributed by atoms with Gasteiger partial charge in [-0.1, -0.05) is 6.92 Å². The van der Waals surface area contributed by atoms with Gasteiger partial charge in [0, 0.05) is 6.54 Å². The fourth-order valence-electron chi connectivity index (χ4n) is 4.05. The number of carbonyl (C=O) groups is 3. The molecule has 0 bridgehead atoms. The number of hydrogen-bond acceptors (Lipinski definition) is 6. The van der Waals surface area contributed by atoms with Crippen LogP contribution in [-0.2, 0) is 16.1 Å². The van der Waals surface area contributed by atoms with E-state index in [-0.39, 0.29) is 19.0 Å². The molecule has 1 saturated carbocycles. The zero-order chi connectivity index (χ0) is 21.9. The van der Waals surface area contributed by atoms with Crippen molar-refractivity contribution in [3.63, 3.8) is 0 Å². The predicted octanol–water partition coefficient (Wildman–Crippen LogP) is 1.83. The molecule has 2 fully saturated rings. The molecule has 1 heterocycles. The lowest BCUT2D eigenvalue weighted by atomic mass is 9.77. The molecule has 3 rings (SSSR count). The van der Waals surface area contributed by atoms with Crippen molar-refractivity contribution in [3.8, 4) is 17.2 Å². The molecule has 1 saturated heterocycles. The summed E-state index contributed by atoms with van der Waals surface area (Å²) in [6.45, 7) is 2.01. The van der Waals surface area contributed by atoms with Crippen LogP contribution in [0.2, 0.25) is 0 Å². The summed E-state index contributed by atoms with van der Waals surface area (Å²) in [5, 5.41) is 5.56. The van der Waals surface area contributed by atoms with Gasteiger partial charge in [-0.25, -0.2) is 4.79 Å². The Kier molecular flexibility index (Phi) is 6.38. The third-order valence-electron chi connectivity index (χ3n) is 5.89. The Morgan fingerprint density at radius 3 is 2.27 bits per heavy atom. The van der Waals surface area contributed by atoms with Crippen LogP contribution in [-0.4, -0.2) is 56.2 Å². The first kappa shape index (κ1) is 21.7. The summed E-state index contributed by atoms with van der Waals surface area (Å²) in [7, 11) is 4.54. The highest BCUT2D eigenvalue weighted by molar-refractivity contribution is 6.09. The van der Waals surface area contributed by atoms with E-state index in [1.54, 1.807) is 12.1 Å². The molecule has 0 atom stereocenters. The van der Waals surface area contributed by atoms with Crippen molar-refractivity contribution in [2.75, 3.05) is 27.9 Å². The fourth-order valence-corrected chi connectivity index (χ4v) is 4.05. The summed E-state index contributed by atoms with van der Waals surface area (Å²) in [6.07, 6.45) is 2.99. The molecular formula is C21H29N3O6. The highest BCUT2D eigenvalue weighted by Crippen LogP contribution is 2.38. The molecule has 9 heteroatoms. The van der Waals surface area contributed by atoms with Crippen molar-refractivity contribution in [1.29, 1.82) is 0 Å². The van der Waals surface area contributed by atoms with Crippen molar-refractivity contribution in [2.45, 2.75) is 44.7 Å². The minimum Gasteiger partial charge on any atom is -0.493 e. The van der Waals surface area contributed by atoms with E-state index in [2.05, 4.69) is 17.6 Å². The number of nitrogens with zero attached hydrogens (tertiary/aromatic N) is 1. The molecular weight excluding hydrogens is 390 g/mol. The second kappa shape index (κ2) is 8.81. The highest BCUT2D eigenvalue weighted by Gasteiger charge is 2.52. The first-order valence-electron chi connectivity index (χ1n) is 10.0. The minimum atomic E-state index is -0.847. The van der Waals surface area contributed by atoms with Gasteiger partial charge in [0.2, 0.25) is 11.7 Å². The van der Waals surface area contributed by atoms with Crippen LogP contribution in [0.1, 0.15) is 38.2 Å². The van der Waals surface area contributed by atoms with E-state index < -0.39 is 17.5 Å². The average Bonchev–Trinajstić information content (AvgIpc) is 2.97. The number of imide groups is 1. The third-order valence-corrected chi connectivity index (χ3v) is 5.89. The number of amides is 4. The van der Waals surface area contributed by atoms with Crippen molar-refractivity contribution in [1.82, 2.24) is 15.5 Å². The monoisotopic (exact) mass is 419 g/mol. The summed E-state index contributed by atoms with van der Waals surface area (Å²) in [5.74, 6) is 1.22. The molecule has 0 radical (unpaired) electrons. The van der Waals surface area contributed by atoms with Crippen LogP contribution in [0.4, 0.5) is 4.79 Å². The Morgan fingerprint density at radius 1 is 1.13 bits per heavy atom. The number of benzene rings is 1. The van der Waals surface area contributed by atoms with Gasteiger partial charge in [0.1, 0.15) is 12.1 Å². The second-order valence-electron chi connectivity index (χ2n) is 7.90. The second-order valence-corrected chi connectivity index (χ2v) is 7.90. The molecule has 2 N–H and O–H groups in total. The summed E-state index contributed by atoms with van der Waals surface area (Å²) in [6, 6.07) is 2.96. The van der Waals surface area contributed by atoms with Crippen LogP contribution in [0.5, 0.6) is 17.2 Å². The molecule has 1 aliphatic carbocycles. The summed E-state index contributed by atoms with van der Waals surface area (Å²) in [4.78, 5) is 38.7. The lowest BCUT2D eigenvalue weighted by Crippen LogP contribution is -2.49. The highest BCUT2D eigenvalue weighted by atomic mass is 16.5. The molecule has 0 aromatic heterocycles. The molecule has 1 spiro atoms. The van der Waals surface area contributed by atoms with Gasteiger partial charge in [0.25, 0.3) is 5.91 Å². The minimum absolute atomic E-state index is 0.182. The number of hydrogen-bond donors (Lipinski definition) is 2. The van der Waals surface area contributed by atoms with Gasteiger partial charge >= 0.3 is 6.03 Å². The number of urea groups is 1. The maximum atomic E-state index is 12.9. The number of nitrogens with one attached hydrogen (secondary N) is 2. The van der Waals surface area contributed by atoms with E-state index in [4.69, 9.17) is 14.2 Å². The van der Waals surface area contributed by atoms with Gasteiger partial charge in [0.15, 0.2) is 11.5 Å². The first-order valence-corrected chi connectivity index (χ1v) is 10.0. The van der Waals surface area contributed by atoms with Crippen molar-refractivity contribution in [3.05, 3.63) is 17.7 Å². The average molecular weight is 419 g/mol. The molecule has 30 heavy (non-hydrogen) atoms. The van der Waals surface area contributed by atoms with Crippen LogP contribution < -0.4 is 24.8 Å². The maximum absolute atomic E-state index is 12.9. The third kappa shape index (κ3) is 4.15. The standard InChI is InChI=1S/C21H29N3O6/c1-13-5-7-21(8-6-13)19(26)24(20(27)23-21)12-17(25)22-11-14-9-15(28-2)18(30-4)16(10-14)29-3/h9-10,13H,5-8,11-12H2,1-4H3,(H,22,25)(H,23,27). The smallest absolute Gasteiger partial charge is 0.325 e. The van der Waals surface area contributed by atoms with Crippen LogP contribution in [0.15, 0.2) is 12.1 Å². The fraction of sp³-hybridized carbons (Fsp3) is 0.571.